The lowest BCUT2D eigenvalue weighted by Crippen LogP contribution is -2.64. The summed E-state index contributed by atoms with van der Waals surface area (Å²) in [6, 6.07) is 4.66. The predicted octanol–water partition coefficient (Wildman–Crippen LogP) is 1.06. The van der Waals surface area contributed by atoms with Gasteiger partial charge in [0.05, 0.1) is 10.0 Å². The van der Waals surface area contributed by atoms with Crippen molar-refractivity contribution in [1.82, 2.24) is 10.6 Å². The van der Waals surface area contributed by atoms with Gasteiger partial charge in [-0.25, -0.2) is 0 Å². The van der Waals surface area contributed by atoms with Gasteiger partial charge in [0, 0.05) is 25.2 Å². The molecule has 0 unspecified atom stereocenters. The lowest BCUT2D eigenvalue weighted by atomic mass is 9.97. The van der Waals surface area contributed by atoms with Gasteiger partial charge < -0.3 is 15.7 Å². The van der Waals surface area contributed by atoms with Crippen LogP contribution in [-0.4, -0.2) is 36.2 Å². The average molecular weight is 275 g/mol. The maximum absolute atomic E-state index is 11.8. The Labute approximate surface area is 109 Å². The van der Waals surface area contributed by atoms with Crippen LogP contribution < -0.4 is 10.6 Å². The number of carbonyl (C=O) groups excluding carboxylic acids is 1. The third-order valence-corrected chi connectivity index (χ3v) is 3.41. The molecule has 1 heterocycles. The lowest BCUT2D eigenvalue weighted by Gasteiger charge is -2.37. The van der Waals surface area contributed by atoms with Gasteiger partial charge in [0.2, 0.25) is 0 Å². The summed E-state index contributed by atoms with van der Waals surface area (Å²) in [5, 5.41) is 16.1. The van der Waals surface area contributed by atoms with Gasteiger partial charge in [-0.1, -0.05) is 23.2 Å². The summed E-state index contributed by atoms with van der Waals surface area (Å²) in [7, 11) is 0. The van der Waals surface area contributed by atoms with Gasteiger partial charge in [0.1, 0.15) is 5.60 Å². The maximum Gasteiger partial charge on any atom is 0.251 e. The fourth-order valence-electron chi connectivity index (χ4n) is 1.52. The second-order valence-corrected chi connectivity index (χ2v) is 4.95. The first-order valence-corrected chi connectivity index (χ1v) is 5.92. The van der Waals surface area contributed by atoms with Crippen molar-refractivity contribution >= 4 is 29.1 Å². The predicted molar refractivity (Wildman–Crippen MR) is 66.6 cm³/mol. The normalized spacial score (nSPS) is 17.4. The molecule has 1 aromatic carbocycles. The van der Waals surface area contributed by atoms with E-state index in [1.54, 1.807) is 12.1 Å². The van der Waals surface area contributed by atoms with Crippen molar-refractivity contribution < 1.29 is 9.90 Å². The second-order valence-electron chi connectivity index (χ2n) is 4.14. The molecule has 6 heteroatoms. The van der Waals surface area contributed by atoms with Crippen molar-refractivity contribution in [3.63, 3.8) is 0 Å². The van der Waals surface area contributed by atoms with Gasteiger partial charge >= 0.3 is 0 Å². The summed E-state index contributed by atoms with van der Waals surface area (Å²) >= 11 is 11.6. The Morgan fingerprint density at radius 2 is 2.12 bits per heavy atom. The molecule has 1 saturated heterocycles. The molecule has 3 N–H and O–H groups in total. The molecule has 1 aromatic rings. The fourth-order valence-corrected chi connectivity index (χ4v) is 1.82. The molecule has 0 radical (unpaired) electrons. The fraction of sp³-hybridized carbons (Fsp3) is 0.364. The molecular weight excluding hydrogens is 263 g/mol. The van der Waals surface area contributed by atoms with Crippen LogP contribution in [-0.2, 0) is 0 Å². The van der Waals surface area contributed by atoms with E-state index < -0.39 is 5.60 Å². The minimum Gasteiger partial charge on any atom is -0.385 e. The van der Waals surface area contributed by atoms with Crippen LogP contribution in [0.4, 0.5) is 0 Å². The molecule has 0 bridgehead atoms. The maximum atomic E-state index is 11.8. The standard InChI is InChI=1S/C11H12Cl2N2O2/c12-8-2-1-7(3-9(8)13)10(16)15-6-11(17)4-14-5-11/h1-3,14,17H,4-6H2,(H,15,16). The summed E-state index contributed by atoms with van der Waals surface area (Å²) in [6.45, 7) is 1.21. The summed E-state index contributed by atoms with van der Waals surface area (Å²) < 4.78 is 0. The zero-order valence-electron chi connectivity index (χ0n) is 8.96. The molecule has 2 rings (SSSR count). The van der Waals surface area contributed by atoms with E-state index in [9.17, 15) is 9.90 Å². The SMILES string of the molecule is O=C(NCC1(O)CNC1)c1ccc(Cl)c(Cl)c1. The number of aliphatic hydroxyl groups is 1. The van der Waals surface area contributed by atoms with Crippen LogP contribution in [0.25, 0.3) is 0 Å². The van der Waals surface area contributed by atoms with Gasteiger partial charge in [-0.3, -0.25) is 4.79 Å². The Balaban J connectivity index is 1.97. The van der Waals surface area contributed by atoms with Crippen molar-refractivity contribution in [3.05, 3.63) is 33.8 Å². The van der Waals surface area contributed by atoms with Gasteiger partial charge in [-0.15, -0.1) is 0 Å². The van der Waals surface area contributed by atoms with E-state index in [4.69, 9.17) is 23.2 Å². The van der Waals surface area contributed by atoms with Crippen molar-refractivity contribution in [2.75, 3.05) is 19.6 Å². The summed E-state index contributed by atoms with van der Waals surface area (Å²) in [6.07, 6.45) is 0. The van der Waals surface area contributed by atoms with E-state index in [0.717, 1.165) is 0 Å². The Bertz CT molecular complexity index is 447. The van der Waals surface area contributed by atoms with Crippen LogP contribution >= 0.6 is 23.2 Å². The Morgan fingerprint density at radius 1 is 1.41 bits per heavy atom. The lowest BCUT2D eigenvalue weighted by molar-refractivity contribution is -0.00759. The molecule has 17 heavy (non-hydrogen) atoms. The zero-order chi connectivity index (χ0) is 12.5. The molecule has 92 valence electrons. The first-order chi connectivity index (χ1) is 8.00. The van der Waals surface area contributed by atoms with Gasteiger partial charge in [0.15, 0.2) is 0 Å². The minimum atomic E-state index is -0.827. The number of hydrogen-bond acceptors (Lipinski definition) is 3. The Hall–Kier alpha value is -0.810. The molecule has 1 fully saturated rings. The highest BCUT2D eigenvalue weighted by Crippen LogP contribution is 2.22. The number of nitrogens with one attached hydrogen (secondary N) is 2. The quantitative estimate of drug-likeness (QED) is 0.773. The monoisotopic (exact) mass is 274 g/mol. The van der Waals surface area contributed by atoms with E-state index in [1.807, 2.05) is 0 Å². The van der Waals surface area contributed by atoms with E-state index in [-0.39, 0.29) is 12.5 Å². The highest BCUT2D eigenvalue weighted by Gasteiger charge is 2.34. The van der Waals surface area contributed by atoms with Crippen LogP contribution in [0, 0.1) is 0 Å². The topological polar surface area (TPSA) is 61.4 Å². The molecule has 0 atom stereocenters. The highest BCUT2D eigenvalue weighted by atomic mass is 35.5. The third kappa shape index (κ3) is 2.90. The molecule has 1 aliphatic heterocycles. The van der Waals surface area contributed by atoms with Gasteiger partial charge in [0.25, 0.3) is 5.91 Å². The summed E-state index contributed by atoms with van der Waals surface area (Å²) in [5.74, 6) is -0.274. The van der Waals surface area contributed by atoms with Gasteiger partial charge in [-0.05, 0) is 18.2 Å². The number of halogens is 2. The Morgan fingerprint density at radius 3 is 2.65 bits per heavy atom. The molecule has 1 aliphatic rings. The minimum absolute atomic E-state index is 0.221. The average Bonchev–Trinajstić information content (AvgIpc) is 2.27. The van der Waals surface area contributed by atoms with Crippen molar-refractivity contribution in [3.8, 4) is 0 Å². The first-order valence-electron chi connectivity index (χ1n) is 5.17. The molecule has 4 nitrogen and oxygen atoms in total. The van der Waals surface area contributed by atoms with E-state index in [0.29, 0.717) is 28.7 Å². The molecule has 1 amide bonds. The van der Waals surface area contributed by atoms with Crippen LogP contribution in [0.5, 0.6) is 0 Å². The number of carbonyl (C=O) groups is 1. The van der Waals surface area contributed by atoms with E-state index >= 15 is 0 Å². The summed E-state index contributed by atoms with van der Waals surface area (Å²) in [4.78, 5) is 11.8. The number of hydrogen-bond donors (Lipinski definition) is 3. The summed E-state index contributed by atoms with van der Waals surface area (Å²) in [5.41, 5.74) is -0.401. The van der Waals surface area contributed by atoms with Crippen molar-refractivity contribution in [1.29, 1.82) is 0 Å². The molecule has 0 saturated carbocycles. The van der Waals surface area contributed by atoms with Crippen molar-refractivity contribution in [2.24, 2.45) is 0 Å². The van der Waals surface area contributed by atoms with Crippen LogP contribution in [0.1, 0.15) is 10.4 Å². The highest BCUT2D eigenvalue weighted by molar-refractivity contribution is 6.42. The van der Waals surface area contributed by atoms with Crippen LogP contribution in [0.3, 0.4) is 0 Å². The zero-order valence-corrected chi connectivity index (χ0v) is 10.5. The molecular formula is C11H12Cl2N2O2. The van der Waals surface area contributed by atoms with E-state index in [1.165, 1.54) is 6.07 Å². The molecule has 0 aliphatic carbocycles. The smallest absolute Gasteiger partial charge is 0.251 e. The largest absolute Gasteiger partial charge is 0.385 e. The number of amides is 1. The number of benzene rings is 1. The van der Waals surface area contributed by atoms with E-state index in [2.05, 4.69) is 10.6 Å². The third-order valence-electron chi connectivity index (χ3n) is 2.67. The van der Waals surface area contributed by atoms with Crippen molar-refractivity contribution in [2.45, 2.75) is 5.60 Å². The number of rotatable bonds is 3. The second kappa shape index (κ2) is 4.82. The number of β-amino-alcohol motifs (C(OH)–C–C–N with tert-alkyl or cyclic N) is 1. The first kappa shape index (κ1) is 12.6. The van der Waals surface area contributed by atoms with Gasteiger partial charge in [-0.2, -0.15) is 0 Å². The van der Waals surface area contributed by atoms with Crippen LogP contribution in [0.15, 0.2) is 18.2 Å². The van der Waals surface area contributed by atoms with Crippen LogP contribution in [0.2, 0.25) is 10.0 Å². The molecule has 0 spiro atoms. The molecule has 0 aromatic heterocycles. The Kier molecular flexibility index (Phi) is 3.58.